The predicted molar refractivity (Wildman–Crippen MR) is 207 cm³/mol. The highest BCUT2D eigenvalue weighted by Gasteiger charge is 2.43. The number of benzene rings is 3. The number of carbonyl (C=O) groups is 3. The Morgan fingerprint density at radius 3 is 2.38 bits per heavy atom. The number of unbranched alkanes of at least 4 members (excludes halogenated alkanes) is 1. The summed E-state index contributed by atoms with van der Waals surface area (Å²) in [6, 6.07) is 18.5. The SMILES string of the molecule is C=c1c(=CC=CC=CC=CC2=[N+](CCCCS(=O)(=O)O)c3ccccc3C2(C)C)n(CCC(=O)NC(CC(=O)O)C(=O)O)c2ccc3ccccc3c12. The van der Waals surface area contributed by atoms with Crippen LogP contribution in [-0.2, 0) is 36.5 Å². The number of carbonyl (C=O) groups excluding carboxylic acids is 1. The lowest BCUT2D eigenvalue weighted by Gasteiger charge is -2.15. The van der Waals surface area contributed by atoms with Crippen molar-refractivity contribution in [2.24, 2.45) is 0 Å². The smallest absolute Gasteiger partial charge is 0.326 e. The number of aliphatic carboxylic acids is 2. The van der Waals surface area contributed by atoms with E-state index >= 15 is 0 Å². The molecule has 12 heteroatoms. The number of carboxylic acid groups (broad SMARTS) is 2. The lowest BCUT2D eigenvalue weighted by molar-refractivity contribution is -0.438. The Morgan fingerprint density at radius 1 is 0.943 bits per heavy atom. The average molecular weight is 739 g/mol. The van der Waals surface area contributed by atoms with Crippen LogP contribution >= 0.6 is 0 Å². The Kier molecular flexibility index (Phi) is 11.9. The molecule has 11 nitrogen and oxygen atoms in total. The standard InChI is InChI=1S/C41H43N3O8S/c1-28-33(43(25-23-37(45)42-32(40(48)49)27-38(46)47)35-22-21-29-15-9-10-16-30(29)39(28)35)18-7-5-4-6-8-20-36-41(2,3)31-17-11-12-19-34(31)44(36)24-13-14-26-53(50,51)52/h4-12,15-22,32H,1,13-14,23-27H2,2-3H3,(H3-,42,45,46,47,48,49,50,51,52)/p+1. The molecule has 0 fully saturated rings. The number of hydrogen-bond donors (Lipinski definition) is 4. The van der Waals surface area contributed by atoms with Gasteiger partial charge >= 0.3 is 11.9 Å². The Hall–Kier alpha value is -5.59. The summed E-state index contributed by atoms with van der Waals surface area (Å²) in [5.74, 6) is -3.59. The molecular formula is C41H44N3O8S+. The third-order valence-corrected chi connectivity index (χ3v) is 10.3. The molecular weight excluding hydrogens is 695 g/mol. The van der Waals surface area contributed by atoms with Gasteiger partial charge < -0.3 is 20.1 Å². The first-order chi connectivity index (χ1) is 25.2. The van der Waals surface area contributed by atoms with Gasteiger partial charge in [-0.3, -0.25) is 14.1 Å². The fourth-order valence-corrected chi connectivity index (χ4v) is 7.50. The zero-order chi connectivity index (χ0) is 38.3. The molecule has 0 radical (unpaired) electrons. The fourth-order valence-electron chi connectivity index (χ4n) is 6.93. The van der Waals surface area contributed by atoms with Crippen molar-refractivity contribution in [3.05, 3.63) is 113 Å². The van der Waals surface area contributed by atoms with Crippen molar-refractivity contribution in [2.75, 3.05) is 12.3 Å². The molecule has 1 atom stereocenters. The third-order valence-electron chi connectivity index (χ3n) is 9.46. The molecule has 0 bridgehead atoms. The number of rotatable bonds is 16. The summed E-state index contributed by atoms with van der Waals surface area (Å²) < 4.78 is 35.8. The largest absolute Gasteiger partial charge is 0.481 e. The number of aromatic nitrogens is 1. The van der Waals surface area contributed by atoms with Crippen molar-refractivity contribution < 1.29 is 42.1 Å². The van der Waals surface area contributed by atoms with Crippen LogP contribution in [0.15, 0.2) is 97.1 Å². The number of aryl methyl sites for hydroxylation is 1. The summed E-state index contributed by atoms with van der Waals surface area (Å²) >= 11 is 0. The number of hydrogen-bond acceptors (Lipinski definition) is 5. The van der Waals surface area contributed by atoms with Crippen LogP contribution in [0.1, 0.15) is 45.1 Å². The van der Waals surface area contributed by atoms with Gasteiger partial charge in [0.15, 0.2) is 5.71 Å². The molecule has 1 aromatic heterocycles. The van der Waals surface area contributed by atoms with Gasteiger partial charge in [-0.25, -0.2) is 4.79 Å². The minimum atomic E-state index is -4.01. The molecule has 0 aliphatic carbocycles. The Balaban J connectivity index is 1.40. The van der Waals surface area contributed by atoms with E-state index in [2.05, 4.69) is 48.5 Å². The van der Waals surface area contributed by atoms with Crippen LogP contribution in [0.25, 0.3) is 34.3 Å². The highest BCUT2D eigenvalue weighted by atomic mass is 32.2. The summed E-state index contributed by atoms with van der Waals surface area (Å²) in [6.07, 6.45) is 13.6. The number of fused-ring (bicyclic) bond motifs is 4. The van der Waals surface area contributed by atoms with Gasteiger partial charge in [0.1, 0.15) is 12.6 Å². The van der Waals surface area contributed by atoms with Crippen LogP contribution < -0.4 is 15.9 Å². The number of allylic oxidation sites excluding steroid dienone is 6. The molecule has 1 aliphatic heterocycles. The number of nitrogens with zero attached hydrogens (tertiary/aromatic N) is 2. The van der Waals surface area contributed by atoms with E-state index in [9.17, 15) is 27.9 Å². The van der Waals surface area contributed by atoms with Gasteiger partial charge in [0.25, 0.3) is 10.1 Å². The summed E-state index contributed by atoms with van der Waals surface area (Å²) in [7, 11) is -4.01. The lowest BCUT2D eigenvalue weighted by atomic mass is 9.81. The maximum absolute atomic E-state index is 12.8. The van der Waals surface area contributed by atoms with Crippen LogP contribution in [0.4, 0.5) is 5.69 Å². The van der Waals surface area contributed by atoms with Crippen LogP contribution in [0.5, 0.6) is 0 Å². The number of para-hydroxylation sites is 1. The summed E-state index contributed by atoms with van der Waals surface area (Å²) in [4.78, 5) is 35.4. The average Bonchev–Trinajstić information content (AvgIpc) is 3.50. The second-order valence-electron chi connectivity index (χ2n) is 13.5. The topological polar surface area (TPSA) is 166 Å². The van der Waals surface area contributed by atoms with E-state index in [0.29, 0.717) is 19.4 Å². The van der Waals surface area contributed by atoms with E-state index in [0.717, 1.165) is 43.6 Å². The summed E-state index contributed by atoms with van der Waals surface area (Å²) in [6.45, 7) is 9.52. The lowest BCUT2D eigenvalue weighted by Crippen LogP contribution is -2.42. The Labute approximate surface area is 308 Å². The van der Waals surface area contributed by atoms with Gasteiger partial charge in [-0.05, 0) is 43.2 Å². The third kappa shape index (κ3) is 9.08. The zero-order valence-electron chi connectivity index (χ0n) is 29.7. The molecule has 1 amide bonds. The van der Waals surface area contributed by atoms with E-state index in [4.69, 9.17) is 9.66 Å². The fraction of sp³-hybridized carbons (Fsp3) is 0.268. The highest BCUT2D eigenvalue weighted by molar-refractivity contribution is 7.85. The predicted octanol–water partition coefficient (Wildman–Crippen LogP) is 4.83. The van der Waals surface area contributed by atoms with Crippen LogP contribution in [0.2, 0.25) is 0 Å². The van der Waals surface area contributed by atoms with Crippen molar-refractivity contribution in [3.8, 4) is 0 Å². The number of amides is 1. The Morgan fingerprint density at radius 2 is 1.64 bits per heavy atom. The van der Waals surface area contributed by atoms with E-state index in [1.807, 2.05) is 89.6 Å². The van der Waals surface area contributed by atoms with Gasteiger partial charge in [-0.15, -0.1) is 0 Å². The molecule has 1 unspecified atom stereocenters. The van der Waals surface area contributed by atoms with Crippen molar-refractivity contribution >= 4 is 73.7 Å². The molecule has 4 aromatic rings. The van der Waals surface area contributed by atoms with Gasteiger partial charge in [-0.2, -0.15) is 13.0 Å². The number of nitrogens with one attached hydrogen (secondary N) is 1. The zero-order valence-corrected chi connectivity index (χ0v) is 30.6. The molecule has 0 spiro atoms. The first kappa shape index (κ1) is 38.6. The monoisotopic (exact) mass is 738 g/mol. The molecule has 53 heavy (non-hydrogen) atoms. The second-order valence-corrected chi connectivity index (χ2v) is 15.0. The molecule has 0 saturated heterocycles. The summed E-state index contributed by atoms with van der Waals surface area (Å²) in [5.41, 5.74) is 3.91. The summed E-state index contributed by atoms with van der Waals surface area (Å²) in [5, 5.41) is 25.3. The molecule has 0 saturated carbocycles. The van der Waals surface area contributed by atoms with Gasteiger partial charge in [0, 0.05) is 58.6 Å². The van der Waals surface area contributed by atoms with Crippen molar-refractivity contribution in [1.82, 2.24) is 9.88 Å². The van der Waals surface area contributed by atoms with Gasteiger partial charge in [-0.1, -0.05) is 85.5 Å². The van der Waals surface area contributed by atoms with E-state index in [1.54, 1.807) is 0 Å². The first-order valence-corrected chi connectivity index (χ1v) is 18.9. The van der Waals surface area contributed by atoms with E-state index in [-0.39, 0.29) is 24.1 Å². The number of carboxylic acids is 2. The van der Waals surface area contributed by atoms with Crippen LogP contribution in [-0.4, -0.2) is 74.2 Å². The highest BCUT2D eigenvalue weighted by Crippen LogP contribution is 2.40. The minimum absolute atomic E-state index is 0.0781. The van der Waals surface area contributed by atoms with Crippen molar-refractivity contribution in [1.29, 1.82) is 0 Å². The van der Waals surface area contributed by atoms with Gasteiger partial charge in [0.05, 0.1) is 17.6 Å². The molecule has 2 heterocycles. The van der Waals surface area contributed by atoms with Crippen molar-refractivity contribution in [3.63, 3.8) is 0 Å². The van der Waals surface area contributed by atoms with Gasteiger partial charge in [0.2, 0.25) is 11.6 Å². The maximum Gasteiger partial charge on any atom is 0.326 e. The Bertz CT molecular complexity index is 2420. The minimum Gasteiger partial charge on any atom is -0.481 e. The van der Waals surface area contributed by atoms with Crippen LogP contribution in [0, 0.1) is 0 Å². The van der Waals surface area contributed by atoms with E-state index in [1.165, 1.54) is 5.56 Å². The van der Waals surface area contributed by atoms with E-state index < -0.39 is 40.4 Å². The normalized spacial score (nSPS) is 15.3. The molecule has 3 aromatic carbocycles. The molecule has 1 aliphatic rings. The molecule has 4 N–H and O–H groups in total. The quantitative estimate of drug-likeness (QED) is 0.0549. The molecule has 276 valence electrons. The molecule has 5 rings (SSSR count). The first-order valence-electron chi connectivity index (χ1n) is 17.3. The second kappa shape index (κ2) is 16.4. The van der Waals surface area contributed by atoms with Crippen LogP contribution in [0.3, 0.4) is 0 Å². The maximum atomic E-state index is 12.8. The van der Waals surface area contributed by atoms with Crippen molar-refractivity contribution in [2.45, 2.75) is 57.5 Å².